The molecule has 0 radical (unpaired) electrons. The molecule has 0 aromatic carbocycles. The molecule has 5 nitrogen and oxygen atoms in total. The first-order chi connectivity index (χ1) is 10.9. The average Bonchev–Trinajstić information content (AvgIpc) is 2.51. The minimum atomic E-state index is -0.455. The molecular formula is C18H32O5. The molecule has 0 unspecified atom stereocenters. The van der Waals surface area contributed by atoms with Crippen LogP contribution in [0, 0.1) is 0 Å². The van der Waals surface area contributed by atoms with Gasteiger partial charge in [-0.2, -0.15) is 0 Å². The summed E-state index contributed by atoms with van der Waals surface area (Å²) in [7, 11) is 0. The van der Waals surface area contributed by atoms with Gasteiger partial charge in [0.15, 0.2) is 0 Å². The highest BCUT2D eigenvalue weighted by atomic mass is 16.5. The van der Waals surface area contributed by atoms with E-state index in [1.165, 1.54) is 25.7 Å². The van der Waals surface area contributed by atoms with E-state index in [-0.39, 0.29) is 19.2 Å². The van der Waals surface area contributed by atoms with E-state index in [1.54, 1.807) is 13.8 Å². The number of rotatable bonds is 11. The van der Waals surface area contributed by atoms with Gasteiger partial charge in [-0.1, -0.05) is 52.2 Å². The summed E-state index contributed by atoms with van der Waals surface area (Å²) in [5, 5.41) is 8.19. The molecule has 1 N–H and O–H groups in total. The third-order valence-corrected chi connectivity index (χ3v) is 2.75. The largest absolute Gasteiger partial charge is 0.462 e. The molecule has 0 aliphatic heterocycles. The fraction of sp³-hybridized carbons (Fsp3) is 0.667. The predicted octanol–water partition coefficient (Wildman–Crippen LogP) is 3.56. The first kappa shape index (κ1) is 23.6. The lowest BCUT2D eigenvalue weighted by Crippen LogP contribution is -2.08. The minimum Gasteiger partial charge on any atom is -0.462 e. The number of ether oxygens (including phenoxy) is 2. The highest BCUT2D eigenvalue weighted by molar-refractivity contribution is 5.87. The van der Waals surface area contributed by atoms with Gasteiger partial charge in [0.2, 0.25) is 0 Å². The summed E-state index contributed by atoms with van der Waals surface area (Å²) >= 11 is 0. The quantitative estimate of drug-likeness (QED) is 0.357. The second kappa shape index (κ2) is 16.7. The molecule has 0 amide bonds. The van der Waals surface area contributed by atoms with Crippen molar-refractivity contribution < 1.29 is 24.2 Å². The van der Waals surface area contributed by atoms with E-state index < -0.39 is 5.97 Å². The Labute approximate surface area is 140 Å². The van der Waals surface area contributed by atoms with Gasteiger partial charge in [0.1, 0.15) is 6.61 Å². The SMILES string of the molecule is C=C(C)C(=O)OCCCCCCCC.C=C(C)C(=O)OCCO. The summed E-state index contributed by atoms with van der Waals surface area (Å²) in [6, 6.07) is 0. The van der Waals surface area contributed by atoms with E-state index in [1.807, 2.05) is 0 Å². The van der Waals surface area contributed by atoms with Gasteiger partial charge in [0.05, 0.1) is 13.2 Å². The van der Waals surface area contributed by atoms with Crippen molar-refractivity contribution in [3.05, 3.63) is 24.3 Å². The van der Waals surface area contributed by atoms with Crippen LogP contribution >= 0.6 is 0 Å². The molecular weight excluding hydrogens is 296 g/mol. The third-order valence-electron chi connectivity index (χ3n) is 2.75. The zero-order valence-electron chi connectivity index (χ0n) is 14.9. The van der Waals surface area contributed by atoms with Gasteiger partial charge in [-0.15, -0.1) is 0 Å². The minimum absolute atomic E-state index is 0.0473. The van der Waals surface area contributed by atoms with E-state index in [9.17, 15) is 9.59 Å². The molecule has 0 aromatic heterocycles. The number of carbonyl (C=O) groups excluding carboxylic acids is 2. The fourth-order valence-electron chi connectivity index (χ4n) is 1.43. The van der Waals surface area contributed by atoms with Crippen molar-refractivity contribution in [2.24, 2.45) is 0 Å². The maximum atomic E-state index is 11.0. The van der Waals surface area contributed by atoms with E-state index in [2.05, 4.69) is 24.8 Å². The molecule has 0 spiro atoms. The van der Waals surface area contributed by atoms with Gasteiger partial charge in [-0.25, -0.2) is 9.59 Å². The molecule has 0 heterocycles. The molecule has 0 rings (SSSR count). The summed E-state index contributed by atoms with van der Waals surface area (Å²) in [4.78, 5) is 21.4. The average molecular weight is 328 g/mol. The van der Waals surface area contributed by atoms with Crippen molar-refractivity contribution in [1.29, 1.82) is 0 Å². The molecule has 0 atom stereocenters. The standard InChI is InChI=1S/C12H22O2.C6H10O3/c1-4-5-6-7-8-9-10-14-12(13)11(2)3;1-5(2)6(8)9-4-3-7/h2,4-10H2,1,3H3;7H,1,3-4H2,2H3. The lowest BCUT2D eigenvalue weighted by molar-refractivity contribution is -0.140. The Morgan fingerprint density at radius 2 is 1.26 bits per heavy atom. The summed E-state index contributed by atoms with van der Waals surface area (Å²) in [6.07, 6.45) is 7.26. The Morgan fingerprint density at radius 3 is 1.70 bits per heavy atom. The number of aliphatic hydroxyl groups excluding tert-OH is 1. The van der Waals surface area contributed by atoms with Crippen molar-refractivity contribution in [2.45, 2.75) is 59.3 Å². The van der Waals surface area contributed by atoms with Crippen molar-refractivity contribution >= 4 is 11.9 Å². The molecule has 0 bridgehead atoms. The highest BCUT2D eigenvalue weighted by Crippen LogP contribution is 2.05. The Balaban J connectivity index is 0. The smallest absolute Gasteiger partial charge is 0.333 e. The summed E-state index contributed by atoms with van der Waals surface area (Å²) in [5.41, 5.74) is 0.833. The molecule has 0 saturated heterocycles. The fourth-order valence-corrected chi connectivity index (χ4v) is 1.43. The molecule has 5 heteroatoms. The van der Waals surface area contributed by atoms with Gasteiger partial charge < -0.3 is 14.6 Å². The van der Waals surface area contributed by atoms with E-state index in [4.69, 9.17) is 9.84 Å². The van der Waals surface area contributed by atoms with Gasteiger partial charge >= 0.3 is 11.9 Å². The topological polar surface area (TPSA) is 72.8 Å². The number of hydrogen-bond donors (Lipinski definition) is 1. The van der Waals surface area contributed by atoms with Crippen LogP contribution in [-0.2, 0) is 19.1 Å². The lowest BCUT2D eigenvalue weighted by Gasteiger charge is -2.03. The molecule has 0 aliphatic rings. The normalized spacial score (nSPS) is 9.39. The molecule has 0 aliphatic carbocycles. The van der Waals surface area contributed by atoms with Crippen LogP contribution < -0.4 is 0 Å². The van der Waals surface area contributed by atoms with Crippen molar-refractivity contribution in [2.75, 3.05) is 19.8 Å². The number of carbonyl (C=O) groups is 2. The summed E-state index contributed by atoms with van der Waals surface area (Å²) < 4.78 is 9.44. The van der Waals surface area contributed by atoms with Gasteiger partial charge in [0, 0.05) is 11.1 Å². The third kappa shape index (κ3) is 18.3. The van der Waals surface area contributed by atoms with Crippen molar-refractivity contribution in [3.63, 3.8) is 0 Å². The van der Waals surface area contributed by atoms with Crippen molar-refractivity contribution in [1.82, 2.24) is 0 Å². The van der Waals surface area contributed by atoms with Gasteiger partial charge in [-0.05, 0) is 20.3 Å². The number of aliphatic hydroxyl groups is 1. The number of unbranched alkanes of at least 4 members (excludes halogenated alkanes) is 5. The van der Waals surface area contributed by atoms with E-state index in [0.29, 0.717) is 17.8 Å². The molecule has 0 aromatic rings. The molecule has 0 fully saturated rings. The van der Waals surface area contributed by atoms with Crippen LogP contribution in [0.3, 0.4) is 0 Å². The first-order valence-corrected chi connectivity index (χ1v) is 8.12. The molecule has 134 valence electrons. The predicted molar refractivity (Wildman–Crippen MR) is 92.0 cm³/mol. The number of hydrogen-bond acceptors (Lipinski definition) is 5. The Bertz CT molecular complexity index is 360. The summed E-state index contributed by atoms with van der Waals surface area (Å²) in [5.74, 6) is -0.720. The lowest BCUT2D eigenvalue weighted by atomic mass is 10.1. The first-order valence-electron chi connectivity index (χ1n) is 8.12. The van der Waals surface area contributed by atoms with Crippen LogP contribution in [0.5, 0.6) is 0 Å². The van der Waals surface area contributed by atoms with Crippen LogP contribution in [0.2, 0.25) is 0 Å². The molecule has 23 heavy (non-hydrogen) atoms. The van der Waals surface area contributed by atoms with Crippen LogP contribution in [0.15, 0.2) is 24.3 Å². The van der Waals surface area contributed by atoms with Crippen LogP contribution in [-0.4, -0.2) is 36.9 Å². The maximum Gasteiger partial charge on any atom is 0.333 e. The zero-order chi connectivity index (χ0) is 18.1. The summed E-state index contributed by atoms with van der Waals surface area (Å²) in [6.45, 7) is 12.7. The number of esters is 2. The van der Waals surface area contributed by atoms with E-state index >= 15 is 0 Å². The highest BCUT2D eigenvalue weighted by Gasteiger charge is 2.01. The second-order valence-corrected chi connectivity index (χ2v) is 5.32. The van der Waals surface area contributed by atoms with Crippen LogP contribution in [0.1, 0.15) is 59.3 Å². The van der Waals surface area contributed by atoms with Crippen LogP contribution in [0.25, 0.3) is 0 Å². The maximum absolute atomic E-state index is 11.0. The van der Waals surface area contributed by atoms with Gasteiger partial charge in [0.25, 0.3) is 0 Å². The second-order valence-electron chi connectivity index (χ2n) is 5.32. The molecule has 0 saturated carbocycles. The Hall–Kier alpha value is -1.62. The Morgan fingerprint density at radius 1 is 0.826 bits per heavy atom. The van der Waals surface area contributed by atoms with Crippen molar-refractivity contribution in [3.8, 4) is 0 Å². The zero-order valence-corrected chi connectivity index (χ0v) is 14.9. The monoisotopic (exact) mass is 328 g/mol. The van der Waals surface area contributed by atoms with E-state index in [0.717, 1.165) is 12.8 Å². The Kier molecular flexibility index (Phi) is 17.2. The van der Waals surface area contributed by atoms with Crippen LogP contribution in [0.4, 0.5) is 0 Å². The van der Waals surface area contributed by atoms with Gasteiger partial charge in [-0.3, -0.25) is 0 Å².